The summed E-state index contributed by atoms with van der Waals surface area (Å²) in [5, 5.41) is 36.6. The van der Waals surface area contributed by atoms with E-state index in [0.29, 0.717) is 18.9 Å². The van der Waals surface area contributed by atoms with Crippen LogP contribution in [0.25, 0.3) is 0 Å². The quantitative estimate of drug-likeness (QED) is 0.341. The maximum atomic E-state index is 10.4. The second kappa shape index (κ2) is 9.99. The first-order valence-electron chi connectivity index (χ1n) is 6.30. The third kappa shape index (κ3) is 7.37. The molecule has 0 rings (SSSR count). The predicted molar refractivity (Wildman–Crippen MR) is 69.0 cm³/mol. The minimum absolute atomic E-state index is 0.101. The number of carboxylic acids is 1. The third-order valence-corrected chi connectivity index (χ3v) is 3.01. The van der Waals surface area contributed by atoms with Crippen LogP contribution in [0.1, 0.15) is 32.6 Å². The van der Waals surface area contributed by atoms with E-state index in [4.69, 9.17) is 20.7 Å². The van der Waals surface area contributed by atoms with Crippen molar-refractivity contribution in [2.75, 3.05) is 19.8 Å². The molecule has 0 saturated carbocycles. The Labute approximate surface area is 108 Å². The Morgan fingerprint density at radius 2 is 1.94 bits per heavy atom. The van der Waals surface area contributed by atoms with Crippen LogP contribution in [-0.4, -0.2) is 52.8 Å². The summed E-state index contributed by atoms with van der Waals surface area (Å²) in [7, 11) is 0. The van der Waals surface area contributed by atoms with Crippen LogP contribution in [0.5, 0.6) is 0 Å². The van der Waals surface area contributed by atoms with E-state index in [1.165, 1.54) is 0 Å². The summed E-state index contributed by atoms with van der Waals surface area (Å²) in [5.41, 5.74) is -0.249. The molecule has 0 aromatic carbocycles. The molecule has 5 N–H and O–H groups in total. The topological polar surface area (TPSA) is 114 Å². The molecule has 1 atom stereocenters. The molecule has 0 bridgehead atoms. The van der Waals surface area contributed by atoms with Gasteiger partial charge in [-0.25, -0.2) is 4.79 Å². The molecule has 0 spiro atoms. The van der Waals surface area contributed by atoms with E-state index in [9.17, 15) is 4.79 Å². The van der Waals surface area contributed by atoms with Gasteiger partial charge in [0.1, 0.15) is 5.71 Å². The Kier molecular flexibility index (Phi) is 9.45. The average molecular weight is 260 g/mol. The molecule has 18 heavy (non-hydrogen) atoms. The van der Waals surface area contributed by atoms with E-state index in [-0.39, 0.29) is 31.4 Å². The van der Waals surface area contributed by atoms with Gasteiger partial charge in [0.2, 0.25) is 0 Å². The van der Waals surface area contributed by atoms with E-state index in [1.54, 1.807) is 0 Å². The second-order valence-corrected chi connectivity index (χ2v) is 4.42. The minimum atomic E-state index is -1.15. The van der Waals surface area contributed by atoms with Crippen molar-refractivity contribution in [2.24, 2.45) is 5.92 Å². The van der Waals surface area contributed by atoms with Crippen molar-refractivity contribution < 1.29 is 20.1 Å². The SMILES string of the molecule is CCC(CCCC(=N)C(=O)O)CNC(CO)CO. The molecule has 0 aliphatic carbocycles. The lowest BCUT2D eigenvalue weighted by Gasteiger charge is -2.19. The Balaban J connectivity index is 3.83. The standard InChI is InChI=1S/C12H24N2O4/c1-2-9(6-14-10(7-15)8-16)4-3-5-11(13)12(17)18/h9-10,13-16H,2-8H2,1H3,(H,17,18). The Morgan fingerprint density at radius 1 is 1.33 bits per heavy atom. The summed E-state index contributed by atoms with van der Waals surface area (Å²) in [6.07, 6.45) is 2.74. The van der Waals surface area contributed by atoms with Crippen LogP contribution in [-0.2, 0) is 4.79 Å². The normalized spacial score (nSPS) is 12.7. The van der Waals surface area contributed by atoms with Gasteiger partial charge in [-0.05, 0) is 31.7 Å². The summed E-state index contributed by atoms with van der Waals surface area (Å²) in [6, 6.07) is -0.295. The predicted octanol–water partition coefficient (Wildman–Crippen LogP) is 0.230. The van der Waals surface area contributed by atoms with Crippen molar-refractivity contribution in [2.45, 2.75) is 38.6 Å². The molecule has 0 radical (unpaired) electrons. The number of rotatable bonds is 11. The number of nitrogens with one attached hydrogen (secondary N) is 2. The zero-order chi connectivity index (χ0) is 14.0. The first-order valence-corrected chi connectivity index (χ1v) is 6.30. The molecule has 0 fully saturated rings. The lowest BCUT2D eigenvalue weighted by Crippen LogP contribution is -2.38. The number of aliphatic hydroxyl groups is 2. The van der Waals surface area contributed by atoms with Crippen molar-refractivity contribution in [3.8, 4) is 0 Å². The molecule has 6 nitrogen and oxygen atoms in total. The second-order valence-electron chi connectivity index (χ2n) is 4.42. The molecule has 0 saturated heterocycles. The maximum absolute atomic E-state index is 10.4. The average Bonchev–Trinajstić information content (AvgIpc) is 2.37. The van der Waals surface area contributed by atoms with Crippen LogP contribution in [0.3, 0.4) is 0 Å². The molecule has 106 valence electrons. The fourth-order valence-electron chi connectivity index (χ4n) is 1.65. The Morgan fingerprint density at radius 3 is 2.39 bits per heavy atom. The Bertz CT molecular complexity index is 254. The fourth-order valence-corrected chi connectivity index (χ4v) is 1.65. The lowest BCUT2D eigenvalue weighted by atomic mass is 9.98. The van der Waals surface area contributed by atoms with Gasteiger partial charge in [0.25, 0.3) is 0 Å². The molecule has 6 heteroatoms. The highest BCUT2D eigenvalue weighted by atomic mass is 16.4. The van der Waals surface area contributed by atoms with Gasteiger partial charge in [-0.3, -0.25) is 5.41 Å². The Hall–Kier alpha value is -0.980. The highest BCUT2D eigenvalue weighted by Gasteiger charge is 2.12. The molecule has 0 amide bonds. The molecule has 0 aliphatic heterocycles. The van der Waals surface area contributed by atoms with Gasteiger partial charge in [0, 0.05) is 0 Å². The summed E-state index contributed by atoms with van der Waals surface area (Å²) < 4.78 is 0. The number of aliphatic carboxylic acids is 1. The van der Waals surface area contributed by atoms with E-state index in [0.717, 1.165) is 12.8 Å². The van der Waals surface area contributed by atoms with Gasteiger partial charge in [0.05, 0.1) is 19.3 Å². The van der Waals surface area contributed by atoms with Crippen LogP contribution >= 0.6 is 0 Å². The van der Waals surface area contributed by atoms with Crippen molar-refractivity contribution in [3.63, 3.8) is 0 Å². The van der Waals surface area contributed by atoms with Crippen molar-refractivity contribution >= 4 is 11.7 Å². The summed E-state index contributed by atoms with van der Waals surface area (Å²) >= 11 is 0. The third-order valence-electron chi connectivity index (χ3n) is 3.01. The van der Waals surface area contributed by atoms with Gasteiger partial charge < -0.3 is 20.6 Å². The van der Waals surface area contributed by atoms with E-state index in [2.05, 4.69) is 5.32 Å². The van der Waals surface area contributed by atoms with Gasteiger partial charge in [-0.1, -0.05) is 13.3 Å². The molecular formula is C12H24N2O4. The first-order chi connectivity index (χ1) is 8.54. The van der Waals surface area contributed by atoms with Gasteiger partial charge in [-0.2, -0.15) is 0 Å². The van der Waals surface area contributed by atoms with Gasteiger partial charge in [0.15, 0.2) is 0 Å². The van der Waals surface area contributed by atoms with Crippen molar-refractivity contribution in [1.29, 1.82) is 5.41 Å². The minimum Gasteiger partial charge on any atom is -0.477 e. The number of aliphatic hydroxyl groups excluding tert-OH is 2. The number of carboxylic acid groups (broad SMARTS) is 1. The monoisotopic (exact) mass is 260 g/mol. The zero-order valence-electron chi connectivity index (χ0n) is 10.9. The number of hydrogen-bond acceptors (Lipinski definition) is 5. The fraction of sp³-hybridized carbons (Fsp3) is 0.833. The van der Waals surface area contributed by atoms with Crippen LogP contribution in [0.2, 0.25) is 0 Å². The highest BCUT2D eigenvalue weighted by molar-refractivity contribution is 6.34. The first kappa shape index (κ1) is 17.0. The van der Waals surface area contributed by atoms with E-state index >= 15 is 0 Å². The molecule has 0 heterocycles. The highest BCUT2D eigenvalue weighted by Crippen LogP contribution is 2.12. The number of hydrogen-bond donors (Lipinski definition) is 5. The lowest BCUT2D eigenvalue weighted by molar-refractivity contribution is -0.129. The zero-order valence-corrected chi connectivity index (χ0v) is 10.9. The summed E-state index contributed by atoms with van der Waals surface area (Å²) in [6.45, 7) is 2.53. The van der Waals surface area contributed by atoms with Crippen LogP contribution < -0.4 is 5.32 Å². The molecule has 0 aromatic heterocycles. The molecular weight excluding hydrogens is 236 g/mol. The maximum Gasteiger partial charge on any atom is 0.349 e. The number of carbonyl (C=O) groups is 1. The van der Waals surface area contributed by atoms with Crippen LogP contribution in [0.15, 0.2) is 0 Å². The summed E-state index contributed by atoms with van der Waals surface area (Å²) in [5.74, 6) is -0.783. The van der Waals surface area contributed by atoms with Gasteiger partial charge >= 0.3 is 5.97 Å². The van der Waals surface area contributed by atoms with E-state index < -0.39 is 5.97 Å². The van der Waals surface area contributed by atoms with Crippen molar-refractivity contribution in [3.05, 3.63) is 0 Å². The van der Waals surface area contributed by atoms with Crippen molar-refractivity contribution in [1.82, 2.24) is 5.32 Å². The molecule has 1 unspecified atom stereocenters. The van der Waals surface area contributed by atoms with Crippen LogP contribution in [0, 0.1) is 11.3 Å². The summed E-state index contributed by atoms with van der Waals surface area (Å²) in [4.78, 5) is 10.4. The molecule has 0 aliphatic rings. The van der Waals surface area contributed by atoms with Crippen LogP contribution in [0.4, 0.5) is 0 Å². The smallest absolute Gasteiger partial charge is 0.349 e. The van der Waals surface area contributed by atoms with Gasteiger partial charge in [-0.15, -0.1) is 0 Å². The van der Waals surface area contributed by atoms with E-state index in [1.807, 2.05) is 6.92 Å². The largest absolute Gasteiger partial charge is 0.477 e. The molecule has 0 aromatic rings.